The van der Waals surface area contributed by atoms with Crippen LogP contribution in [0.1, 0.15) is 42.3 Å². The second-order valence-corrected chi connectivity index (χ2v) is 5.28. The first-order valence-corrected chi connectivity index (χ1v) is 5.84. The van der Waals surface area contributed by atoms with E-state index in [2.05, 4.69) is 5.16 Å². The molecule has 0 fully saturated rings. The van der Waals surface area contributed by atoms with E-state index in [1.54, 1.807) is 25.1 Å². The van der Waals surface area contributed by atoms with Crippen LogP contribution in [0.2, 0.25) is 0 Å². The third kappa shape index (κ3) is 3.74. The van der Waals surface area contributed by atoms with Crippen LogP contribution in [0.15, 0.2) is 23.4 Å². The smallest absolute Gasteiger partial charge is 0.338 e. The summed E-state index contributed by atoms with van der Waals surface area (Å²) < 4.78 is 5.28. The van der Waals surface area contributed by atoms with E-state index in [-0.39, 0.29) is 11.1 Å². The molecule has 18 heavy (non-hydrogen) atoms. The Labute approximate surface area is 111 Å². The SMILES string of the molecule is Cc1cc(/C(Cl)=N/O)ccc1C(=O)OC(C)(C)C. The third-order valence-electron chi connectivity index (χ3n) is 2.17. The number of hydrogen-bond donors (Lipinski definition) is 1. The Morgan fingerprint density at radius 1 is 1.39 bits per heavy atom. The van der Waals surface area contributed by atoms with Gasteiger partial charge in [0.25, 0.3) is 0 Å². The molecule has 98 valence electrons. The second kappa shape index (κ2) is 5.40. The minimum Gasteiger partial charge on any atom is -0.456 e. The molecule has 0 bridgehead atoms. The highest BCUT2D eigenvalue weighted by atomic mass is 35.5. The molecular formula is C13H16ClNO3. The normalized spacial score (nSPS) is 12.4. The number of rotatable bonds is 2. The first-order chi connectivity index (χ1) is 8.24. The Morgan fingerprint density at radius 2 is 2.00 bits per heavy atom. The molecule has 1 aromatic rings. The predicted octanol–water partition coefficient (Wildman–Crippen LogP) is 3.32. The number of hydrogen-bond acceptors (Lipinski definition) is 4. The Hall–Kier alpha value is -1.55. The molecule has 0 amide bonds. The summed E-state index contributed by atoms with van der Waals surface area (Å²) in [5, 5.41) is 11.5. The number of benzene rings is 1. The molecular weight excluding hydrogens is 254 g/mol. The van der Waals surface area contributed by atoms with Crippen LogP contribution in [-0.2, 0) is 4.74 Å². The van der Waals surface area contributed by atoms with Crippen molar-refractivity contribution >= 4 is 22.7 Å². The highest BCUT2D eigenvalue weighted by molar-refractivity contribution is 6.69. The zero-order valence-corrected chi connectivity index (χ0v) is 11.6. The summed E-state index contributed by atoms with van der Waals surface area (Å²) >= 11 is 5.68. The molecule has 0 saturated heterocycles. The molecule has 0 aliphatic rings. The fourth-order valence-corrected chi connectivity index (χ4v) is 1.53. The number of aryl methyl sites for hydroxylation is 1. The molecule has 1 aromatic carbocycles. The highest BCUT2D eigenvalue weighted by Gasteiger charge is 2.19. The minimum absolute atomic E-state index is 0.0196. The van der Waals surface area contributed by atoms with E-state index in [4.69, 9.17) is 21.5 Å². The molecule has 0 unspecified atom stereocenters. The van der Waals surface area contributed by atoms with E-state index in [1.807, 2.05) is 20.8 Å². The highest BCUT2D eigenvalue weighted by Crippen LogP contribution is 2.17. The molecule has 1 N–H and O–H groups in total. The first kappa shape index (κ1) is 14.5. The van der Waals surface area contributed by atoms with E-state index in [0.29, 0.717) is 16.7 Å². The largest absolute Gasteiger partial charge is 0.456 e. The van der Waals surface area contributed by atoms with Gasteiger partial charge in [-0.25, -0.2) is 4.79 Å². The molecule has 0 radical (unpaired) electrons. The van der Waals surface area contributed by atoms with Crippen LogP contribution in [0.5, 0.6) is 0 Å². The van der Waals surface area contributed by atoms with Gasteiger partial charge in [-0.3, -0.25) is 0 Å². The van der Waals surface area contributed by atoms with E-state index >= 15 is 0 Å². The lowest BCUT2D eigenvalue weighted by atomic mass is 10.1. The van der Waals surface area contributed by atoms with E-state index in [1.165, 1.54) is 0 Å². The lowest BCUT2D eigenvalue weighted by molar-refractivity contribution is 0.00688. The summed E-state index contributed by atoms with van der Waals surface area (Å²) in [4.78, 5) is 11.9. The van der Waals surface area contributed by atoms with Gasteiger partial charge in [0.2, 0.25) is 0 Å². The Bertz CT molecular complexity index is 489. The lowest BCUT2D eigenvalue weighted by Gasteiger charge is -2.20. The Kier molecular flexibility index (Phi) is 4.35. The van der Waals surface area contributed by atoms with Crippen molar-refractivity contribution in [2.24, 2.45) is 5.16 Å². The average molecular weight is 270 g/mol. The van der Waals surface area contributed by atoms with Crippen molar-refractivity contribution in [3.63, 3.8) is 0 Å². The number of carbonyl (C=O) groups excluding carboxylic acids is 1. The van der Waals surface area contributed by atoms with Crippen molar-refractivity contribution < 1.29 is 14.7 Å². The number of halogens is 1. The quantitative estimate of drug-likeness (QED) is 0.388. The van der Waals surface area contributed by atoms with Crippen molar-refractivity contribution in [2.75, 3.05) is 0 Å². The second-order valence-electron chi connectivity index (χ2n) is 4.92. The van der Waals surface area contributed by atoms with Crippen LogP contribution in [0.3, 0.4) is 0 Å². The maximum atomic E-state index is 11.9. The summed E-state index contributed by atoms with van der Waals surface area (Å²) in [5.41, 5.74) is 1.19. The number of carbonyl (C=O) groups is 1. The van der Waals surface area contributed by atoms with Gasteiger partial charge in [-0.1, -0.05) is 22.8 Å². The van der Waals surface area contributed by atoms with Crippen LogP contribution in [0.25, 0.3) is 0 Å². The third-order valence-corrected chi connectivity index (χ3v) is 2.47. The maximum Gasteiger partial charge on any atom is 0.338 e. The van der Waals surface area contributed by atoms with Gasteiger partial charge >= 0.3 is 5.97 Å². The number of oxime groups is 1. The van der Waals surface area contributed by atoms with Gasteiger partial charge in [-0.2, -0.15) is 0 Å². The van der Waals surface area contributed by atoms with Crippen LogP contribution in [0, 0.1) is 6.92 Å². The summed E-state index contributed by atoms with van der Waals surface area (Å²) in [5.74, 6) is -0.386. The van der Waals surface area contributed by atoms with E-state index in [9.17, 15) is 4.79 Å². The van der Waals surface area contributed by atoms with Gasteiger partial charge in [0.05, 0.1) is 5.56 Å². The summed E-state index contributed by atoms with van der Waals surface area (Å²) in [7, 11) is 0. The summed E-state index contributed by atoms with van der Waals surface area (Å²) in [6.07, 6.45) is 0. The van der Waals surface area contributed by atoms with Crippen molar-refractivity contribution in [2.45, 2.75) is 33.3 Å². The van der Waals surface area contributed by atoms with Crippen molar-refractivity contribution in [1.29, 1.82) is 0 Å². The minimum atomic E-state index is -0.535. The lowest BCUT2D eigenvalue weighted by Crippen LogP contribution is -2.24. The molecule has 0 aliphatic heterocycles. The predicted molar refractivity (Wildman–Crippen MR) is 70.5 cm³/mol. The fraction of sp³-hybridized carbons (Fsp3) is 0.385. The zero-order chi connectivity index (χ0) is 13.9. The first-order valence-electron chi connectivity index (χ1n) is 5.46. The fourth-order valence-electron chi connectivity index (χ4n) is 1.41. The van der Waals surface area contributed by atoms with Gasteiger partial charge < -0.3 is 9.94 Å². The van der Waals surface area contributed by atoms with Gasteiger partial charge in [0.15, 0.2) is 5.17 Å². The molecule has 0 aliphatic carbocycles. The topological polar surface area (TPSA) is 58.9 Å². The molecule has 0 heterocycles. The molecule has 4 nitrogen and oxygen atoms in total. The summed E-state index contributed by atoms with van der Waals surface area (Å²) in [6.45, 7) is 7.20. The van der Waals surface area contributed by atoms with Gasteiger partial charge in [0, 0.05) is 5.56 Å². The number of ether oxygens (including phenoxy) is 1. The molecule has 0 atom stereocenters. The Morgan fingerprint density at radius 3 is 2.44 bits per heavy atom. The monoisotopic (exact) mass is 269 g/mol. The molecule has 5 heteroatoms. The molecule has 1 rings (SSSR count). The van der Waals surface area contributed by atoms with Gasteiger partial charge in [-0.15, -0.1) is 0 Å². The number of nitrogens with zero attached hydrogens (tertiary/aromatic N) is 1. The molecule has 0 saturated carbocycles. The van der Waals surface area contributed by atoms with E-state index < -0.39 is 5.60 Å². The van der Waals surface area contributed by atoms with Crippen LogP contribution in [0.4, 0.5) is 0 Å². The zero-order valence-electron chi connectivity index (χ0n) is 10.8. The van der Waals surface area contributed by atoms with E-state index in [0.717, 1.165) is 0 Å². The van der Waals surface area contributed by atoms with Gasteiger partial charge in [-0.05, 0) is 45.4 Å². The van der Waals surface area contributed by atoms with Crippen molar-refractivity contribution in [3.05, 3.63) is 34.9 Å². The molecule has 0 spiro atoms. The summed E-state index contributed by atoms with van der Waals surface area (Å²) in [6, 6.07) is 4.88. The molecule has 0 aromatic heterocycles. The maximum absolute atomic E-state index is 11.9. The standard InChI is InChI=1S/C13H16ClNO3/c1-8-7-9(11(14)15-17)5-6-10(8)12(16)18-13(2,3)4/h5-7,17H,1-4H3/b15-11-. The number of esters is 1. The van der Waals surface area contributed by atoms with Crippen LogP contribution in [-0.4, -0.2) is 21.9 Å². The van der Waals surface area contributed by atoms with Crippen molar-refractivity contribution in [3.8, 4) is 0 Å². The Balaban J connectivity index is 3.03. The van der Waals surface area contributed by atoms with Crippen LogP contribution < -0.4 is 0 Å². The average Bonchev–Trinajstić information content (AvgIpc) is 2.25. The van der Waals surface area contributed by atoms with Crippen LogP contribution >= 0.6 is 11.6 Å². The van der Waals surface area contributed by atoms with Crippen molar-refractivity contribution in [1.82, 2.24) is 0 Å². The van der Waals surface area contributed by atoms with Gasteiger partial charge in [0.1, 0.15) is 5.60 Å².